The molecule has 3 aliphatic rings. The van der Waals surface area contributed by atoms with E-state index in [1.165, 1.54) is 5.39 Å². The third-order valence-corrected chi connectivity index (χ3v) is 15.3. The molecule has 0 N–H and O–H groups in total. The molecule has 2 aromatic carbocycles. The summed E-state index contributed by atoms with van der Waals surface area (Å²) in [5.41, 5.74) is 7.72. The molecular formula is C33H46O5Si. The Labute approximate surface area is 235 Å². The van der Waals surface area contributed by atoms with Gasteiger partial charge in [-0.2, -0.15) is 0 Å². The maximum Gasteiger partial charge on any atom is 0.164 e. The van der Waals surface area contributed by atoms with Gasteiger partial charge in [0.15, 0.2) is 11.6 Å². The first kappa shape index (κ1) is 28.8. The molecule has 0 saturated carbocycles. The Balaban J connectivity index is 1.66. The van der Waals surface area contributed by atoms with Crippen LogP contribution in [-0.2, 0) is 23.7 Å². The van der Waals surface area contributed by atoms with Crippen LogP contribution < -0.4 is 0 Å². The van der Waals surface area contributed by atoms with Crippen LogP contribution in [0.4, 0.5) is 0 Å². The fourth-order valence-electron chi connectivity index (χ4n) is 7.30. The van der Waals surface area contributed by atoms with Gasteiger partial charge in [-0.25, -0.2) is 0 Å². The van der Waals surface area contributed by atoms with Crippen molar-refractivity contribution in [2.24, 2.45) is 0 Å². The Morgan fingerprint density at radius 1 is 0.769 bits per heavy atom. The Kier molecular flexibility index (Phi) is 7.59. The Bertz CT molecular complexity index is 1250. The van der Waals surface area contributed by atoms with Gasteiger partial charge in [-0.1, -0.05) is 83.9 Å². The lowest BCUT2D eigenvalue weighted by atomic mass is 9.87. The zero-order valence-corrected chi connectivity index (χ0v) is 26.3. The minimum absolute atomic E-state index is 0.260. The highest BCUT2D eigenvalue weighted by Gasteiger charge is 2.59. The lowest BCUT2D eigenvalue weighted by molar-refractivity contribution is -0.349. The van der Waals surface area contributed by atoms with Crippen LogP contribution in [0.1, 0.15) is 86.5 Å². The summed E-state index contributed by atoms with van der Waals surface area (Å²) in [6.07, 6.45) is -1.47. The number of benzene rings is 2. The second-order valence-corrected chi connectivity index (χ2v) is 18.9. The highest BCUT2D eigenvalue weighted by Crippen LogP contribution is 2.48. The normalized spacial score (nSPS) is 29.8. The van der Waals surface area contributed by atoms with Crippen LogP contribution in [0.2, 0.25) is 16.6 Å². The van der Waals surface area contributed by atoms with Crippen LogP contribution in [0.15, 0.2) is 36.4 Å². The zero-order chi connectivity index (χ0) is 28.3. The van der Waals surface area contributed by atoms with Crippen molar-refractivity contribution in [1.82, 2.24) is 0 Å². The molecule has 5 nitrogen and oxygen atoms in total. The molecule has 0 unspecified atom stereocenters. The largest absolute Gasteiger partial charge is 0.362 e. The van der Waals surface area contributed by atoms with Gasteiger partial charge < -0.3 is 23.7 Å². The molecule has 2 aromatic rings. The molecule has 0 spiro atoms. The third kappa shape index (κ3) is 5.12. The summed E-state index contributed by atoms with van der Waals surface area (Å²) >= 11 is 0. The Morgan fingerprint density at radius 3 is 2.05 bits per heavy atom. The lowest BCUT2D eigenvalue weighted by Gasteiger charge is -2.48. The monoisotopic (exact) mass is 550 g/mol. The predicted octanol–water partition coefficient (Wildman–Crippen LogP) is 7.52. The van der Waals surface area contributed by atoms with Gasteiger partial charge in [0.1, 0.15) is 38.6 Å². The van der Waals surface area contributed by atoms with Gasteiger partial charge in [-0.3, -0.25) is 0 Å². The van der Waals surface area contributed by atoms with Gasteiger partial charge in [0.2, 0.25) is 0 Å². The van der Waals surface area contributed by atoms with Gasteiger partial charge in [-0.15, -0.1) is 5.54 Å². The van der Waals surface area contributed by atoms with E-state index in [1.54, 1.807) is 0 Å². The van der Waals surface area contributed by atoms with Gasteiger partial charge >= 0.3 is 0 Å². The van der Waals surface area contributed by atoms with Crippen molar-refractivity contribution in [2.75, 3.05) is 6.61 Å². The first-order chi connectivity index (χ1) is 18.3. The molecule has 3 fully saturated rings. The highest BCUT2D eigenvalue weighted by atomic mass is 28.3. The molecule has 3 aliphatic heterocycles. The van der Waals surface area contributed by atoms with E-state index in [1.807, 2.05) is 27.7 Å². The second-order valence-electron chi connectivity index (χ2n) is 13.4. The van der Waals surface area contributed by atoms with Crippen LogP contribution in [-0.4, -0.2) is 50.7 Å². The summed E-state index contributed by atoms with van der Waals surface area (Å²) in [5, 5.41) is 2.33. The standard InChI is InChI=1S/C33H46O5Si/c1-20(2)39(21(3)4,22(5)6)18-17-25-24-14-12-11-13-23(24)15-16-26(25)28-30-31(38-33(9,10)37-30)29-27(35-28)19-34-32(7,8)36-29/h11-16,20-22,27-31H,19H2,1-10H3/t27-,28-,29-,30-,31+/m1/s1. The molecule has 0 bridgehead atoms. The van der Waals surface area contributed by atoms with E-state index in [0.29, 0.717) is 23.2 Å². The van der Waals surface area contributed by atoms with Crippen molar-refractivity contribution in [3.8, 4) is 11.5 Å². The molecule has 3 heterocycles. The molecule has 3 saturated heterocycles. The van der Waals surface area contributed by atoms with Crippen molar-refractivity contribution in [3.63, 3.8) is 0 Å². The fraction of sp³-hybridized carbons (Fsp3) is 0.636. The molecule has 0 amide bonds. The van der Waals surface area contributed by atoms with Crippen molar-refractivity contribution in [3.05, 3.63) is 47.5 Å². The number of fused-ring (bicyclic) bond motifs is 4. The quantitative estimate of drug-likeness (QED) is 0.291. The fourth-order valence-corrected chi connectivity index (χ4v) is 12.5. The maximum absolute atomic E-state index is 6.83. The van der Waals surface area contributed by atoms with Crippen molar-refractivity contribution in [1.29, 1.82) is 0 Å². The summed E-state index contributed by atoms with van der Waals surface area (Å²) < 4.78 is 32.3. The van der Waals surface area contributed by atoms with Gasteiger partial charge in [0.05, 0.1) is 6.61 Å². The smallest absolute Gasteiger partial charge is 0.164 e. The first-order valence-corrected chi connectivity index (χ1v) is 16.9. The van der Waals surface area contributed by atoms with Crippen molar-refractivity contribution in [2.45, 2.75) is 128 Å². The van der Waals surface area contributed by atoms with E-state index in [4.69, 9.17) is 23.7 Å². The molecule has 5 atom stereocenters. The summed E-state index contributed by atoms with van der Waals surface area (Å²) in [6, 6.07) is 12.9. The van der Waals surface area contributed by atoms with Gasteiger partial charge in [-0.05, 0) is 60.7 Å². The first-order valence-electron chi connectivity index (χ1n) is 14.6. The van der Waals surface area contributed by atoms with Crippen LogP contribution >= 0.6 is 0 Å². The number of hydrogen-bond donors (Lipinski definition) is 0. The van der Waals surface area contributed by atoms with E-state index in [0.717, 1.165) is 16.5 Å². The highest BCUT2D eigenvalue weighted by molar-refractivity contribution is 6.90. The van der Waals surface area contributed by atoms with Crippen molar-refractivity contribution >= 4 is 18.8 Å². The molecule has 39 heavy (non-hydrogen) atoms. The van der Waals surface area contributed by atoms with Crippen LogP contribution in [0, 0.1) is 11.5 Å². The lowest BCUT2D eigenvalue weighted by Crippen LogP contribution is -2.61. The van der Waals surface area contributed by atoms with E-state index >= 15 is 0 Å². The zero-order valence-electron chi connectivity index (χ0n) is 25.3. The number of hydrogen-bond acceptors (Lipinski definition) is 5. The minimum atomic E-state index is -1.96. The molecular weight excluding hydrogens is 504 g/mol. The second kappa shape index (κ2) is 10.3. The summed E-state index contributed by atoms with van der Waals surface area (Å²) in [6.45, 7) is 22.4. The van der Waals surface area contributed by atoms with Crippen LogP contribution in [0.25, 0.3) is 10.8 Å². The van der Waals surface area contributed by atoms with E-state index in [2.05, 4.69) is 89.4 Å². The van der Waals surface area contributed by atoms with Crippen molar-refractivity contribution < 1.29 is 23.7 Å². The molecule has 0 aromatic heterocycles. The van der Waals surface area contributed by atoms with Crippen LogP contribution in [0.5, 0.6) is 0 Å². The molecule has 0 aliphatic carbocycles. The minimum Gasteiger partial charge on any atom is -0.362 e. The third-order valence-electron chi connectivity index (χ3n) is 9.03. The maximum atomic E-state index is 6.83. The van der Waals surface area contributed by atoms with Gasteiger partial charge in [0, 0.05) is 5.56 Å². The average Bonchev–Trinajstić information content (AvgIpc) is 3.18. The molecule has 212 valence electrons. The Hall–Kier alpha value is -1.72. The molecule has 0 radical (unpaired) electrons. The topological polar surface area (TPSA) is 46.2 Å². The van der Waals surface area contributed by atoms with E-state index in [9.17, 15) is 0 Å². The average molecular weight is 551 g/mol. The van der Waals surface area contributed by atoms with Crippen LogP contribution in [0.3, 0.4) is 0 Å². The summed E-state index contributed by atoms with van der Waals surface area (Å²) in [7, 11) is -1.96. The van der Waals surface area contributed by atoms with E-state index in [-0.39, 0.29) is 30.5 Å². The summed E-state index contributed by atoms with van der Waals surface area (Å²) in [4.78, 5) is 0. The van der Waals surface area contributed by atoms with Gasteiger partial charge in [0.25, 0.3) is 0 Å². The Morgan fingerprint density at radius 2 is 1.38 bits per heavy atom. The summed E-state index contributed by atoms with van der Waals surface area (Å²) in [5.74, 6) is 2.36. The predicted molar refractivity (Wildman–Crippen MR) is 158 cm³/mol. The molecule has 5 rings (SSSR count). The SMILES string of the molecule is CC(C)[Si](C#Cc1c([C@H]2O[C@@H]3COC(C)(C)O[C@H]3[C@@H]3OC(C)(C)O[C@@H]32)ccc2ccccc12)(C(C)C)C(C)C. The van der Waals surface area contributed by atoms with E-state index < -0.39 is 19.6 Å². The molecule has 6 heteroatoms. The number of ether oxygens (including phenoxy) is 5. The number of rotatable bonds is 4.